The van der Waals surface area contributed by atoms with Crippen LogP contribution in [-0.2, 0) is 9.59 Å². The number of thiophene rings is 1. The zero-order valence-corrected chi connectivity index (χ0v) is 18.1. The minimum Gasteiger partial charge on any atom is -0.497 e. The highest BCUT2D eigenvalue weighted by Gasteiger charge is 2.38. The Morgan fingerprint density at radius 3 is 2.67 bits per heavy atom. The second-order valence-corrected chi connectivity index (χ2v) is 8.51. The van der Waals surface area contributed by atoms with Crippen molar-refractivity contribution in [2.24, 2.45) is 11.0 Å². The van der Waals surface area contributed by atoms with Gasteiger partial charge in [0.15, 0.2) is 0 Å². The van der Waals surface area contributed by atoms with Gasteiger partial charge >= 0.3 is 0 Å². The largest absolute Gasteiger partial charge is 0.497 e. The third kappa shape index (κ3) is 4.05. The van der Waals surface area contributed by atoms with Crippen molar-refractivity contribution < 1.29 is 19.1 Å². The Labute approximate surface area is 179 Å². The summed E-state index contributed by atoms with van der Waals surface area (Å²) in [7, 11) is 4.89. The van der Waals surface area contributed by atoms with Crippen molar-refractivity contribution in [2.45, 2.75) is 25.3 Å². The first kappa shape index (κ1) is 20.4. The Morgan fingerprint density at radius 2 is 2.03 bits per heavy atom. The Kier molecular flexibility index (Phi) is 5.76. The van der Waals surface area contributed by atoms with Gasteiger partial charge in [0, 0.05) is 24.9 Å². The Balaban J connectivity index is 1.64. The highest BCUT2D eigenvalue weighted by molar-refractivity contribution is 7.12. The van der Waals surface area contributed by atoms with Crippen LogP contribution in [0.25, 0.3) is 0 Å². The maximum atomic E-state index is 13.2. The van der Waals surface area contributed by atoms with Gasteiger partial charge in [0.05, 0.1) is 30.9 Å². The second-order valence-electron chi connectivity index (χ2n) is 7.56. The first-order valence-corrected chi connectivity index (χ1v) is 10.8. The lowest BCUT2D eigenvalue weighted by Gasteiger charge is -2.26. The zero-order chi connectivity index (χ0) is 21.3. The molecule has 0 saturated heterocycles. The predicted octanol–water partition coefficient (Wildman–Crippen LogP) is 3.31. The summed E-state index contributed by atoms with van der Waals surface area (Å²) < 4.78 is 11.0. The van der Waals surface area contributed by atoms with Crippen LogP contribution < -0.4 is 9.47 Å². The molecule has 1 aliphatic heterocycles. The standard InChI is InChI=1S/C22H25N3O4S/c1-24(22(27)14-6-7-14)13-21(26)25-18(12-17(23-25)20-5-4-10-30-20)16-11-15(28-2)8-9-19(16)29-3/h4-5,8-11,14,18H,6-7,12-13H2,1-3H3/t18-/m0/s1. The van der Waals surface area contributed by atoms with Crippen molar-refractivity contribution >= 4 is 28.9 Å². The van der Waals surface area contributed by atoms with E-state index < -0.39 is 0 Å². The quantitative estimate of drug-likeness (QED) is 0.680. The van der Waals surface area contributed by atoms with Crippen LogP contribution in [0.1, 0.15) is 35.7 Å². The van der Waals surface area contributed by atoms with Gasteiger partial charge in [0.25, 0.3) is 5.91 Å². The molecule has 4 rings (SSSR count). The van der Waals surface area contributed by atoms with Crippen molar-refractivity contribution in [1.29, 1.82) is 0 Å². The van der Waals surface area contributed by atoms with E-state index in [2.05, 4.69) is 5.10 Å². The molecular formula is C22H25N3O4S. The number of hydrogen-bond donors (Lipinski definition) is 0. The Morgan fingerprint density at radius 1 is 1.23 bits per heavy atom. The van der Waals surface area contributed by atoms with Crippen LogP contribution in [0.5, 0.6) is 11.5 Å². The van der Waals surface area contributed by atoms with Gasteiger partial charge in [-0.15, -0.1) is 11.3 Å². The summed E-state index contributed by atoms with van der Waals surface area (Å²) in [6.45, 7) is -0.000657. The molecule has 1 aromatic heterocycles. The van der Waals surface area contributed by atoms with Gasteiger partial charge in [-0.25, -0.2) is 5.01 Å². The number of methoxy groups -OCH3 is 2. The van der Waals surface area contributed by atoms with Crippen molar-refractivity contribution in [1.82, 2.24) is 9.91 Å². The Hall–Kier alpha value is -2.87. The average molecular weight is 428 g/mol. The molecule has 1 aliphatic carbocycles. The fourth-order valence-electron chi connectivity index (χ4n) is 3.67. The summed E-state index contributed by atoms with van der Waals surface area (Å²) in [5.74, 6) is 1.24. The van der Waals surface area contributed by atoms with Gasteiger partial charge in [0.2, 0.25) is 5.91 Å². The molecule has 2 heterocycles. The first-order valence-electron chi connectivity index (χ1n) is 9.92. The van der Waals surface area contributed by atoms with Crippen molar-refractivity contribution in [2.75, 3.05) is 27.8 Å². The molecule has 0 N–H and O–H groups in total. The summed E-state index contributed by atoms with van der Waals surface area (Å²) in [6.07, 6.45) is 2.38. The van der Waals surface area contributed by atoms with Gasteiger partial charge in [-0.05, 0) is 42.5 Å². The molecule has 1 aromatic carbocycles. The third-order valence-electron chi connectivity index (χ3n) is 5.44. The van der Waals surface area contributed by atoms with Gasteiger partial charge in [-0.2, -0.15) is 5.10 Å². The van der Waals surface area contributed by atoms with E-state index in [1.54, 1.807) is 32.6 Å². The van der Waals surface area contributed by atoms with Crippen molar-refractivity contribution in [3.63, 3.8) is 0 Å². The average Bonchev–Trinajstić information content (AvgIpc) is 3.27. The van der Waals surface area contributed by atoms with Crippen LogP contribution in [0, 0.1) is 5.92 Å². The third-order valence-corrected chi connectivity index (χ3v) is 6.36. The fraction of sp³-hybridized carbons (Fsp3) is 0.409. The molecule has 0 bridgehead atoms. The minimum atomic E-state index is -0.330. The molecule has 8 heteroatoms. The normalized spacial score (nSPS) is 18.2. The number of carbonyl (C=O) groups is 2. The van der Waals surface area contributed by atoms with Crippen LogP contribution in [0.15, 0.2) is 40.8 Å². The van der Waals surface area contributed by atoms with Crippen LogP contribution in [0.2, 0.25) is 0 Å². The molecule has 7 nitrogen and oxygen atoms in total. The van der Waals surface area contributed by atoms with Crippen molar-refractivity contribution in [3.05, 3.63) is 46.2 Å². The number of ether oxygens (including phenoxy) is 2. The second kappa shape index (κ2) is 8.47. The maximum absolute atomic E-state index is 13.2. The number of carbonyl (C=O) groups excluding carboxylic acids is 2. The number of likely N-dealkylation sites (N-methyl/N-ethyl adjacent to an activating group) is 1. The van der Waals surface area contributed by atoms with Crippen LogP contribution >= 0.6 is 11.3 Å². The van der Waals surface area contributed by atoms with Crippen LogP contribution in [-0.4, -0.2) is 55.2 Å². The van der Waals surface area contributed by atoms with Gasteiger partial charge in [0.1, 0.15) is 18.0 Å². The number of benzene rings is 1. The lowest BCUT2D eigenvalue weighted by molar-refractivity contribution is -0.141. The molecule has 1 atom stereocenters. The van der Waals surface area contributed by atoms with Gasteiger partial charge in [-0.3, -0.25) is 9.59 Å². The van der Waals surface area contributed by atoms with E-state index in [4.69, 9.17) is 9.47 Å². The molecule has 2 amide bonds. The molecule has 0 spiro atoms. The van der Waals surface area contributed by atoms with E-state index >= 15 is 0 Å². The van der Waals surface area contributed by atoms with Crippen LogP contribution in [0.3, 0.4) is 0 Å². The smallest absolute Gasteiger partial charge is 0.262 e. The summed E-state index contributed by atoms with van der Waals surface area (Å²) in [4.78, 5) is 28.1. The van der Waals surface area contributed by atoms with E-state index in [-0.39, 0.29) is 30.3 Å². The molecular weight excluding hydrogens is 402 g/mol. The van der Waals surface area contributed by atoms with E-state index in [9.17, 15) is 9.59 Å². The van der Waals surface area contributed by atoms with E-state index in [1.807, 2.05) is 35.7 Å². The number of amides is 2. The van der Waals surface area contributed by atoms with E-state index in [0.717, 1.165) is 29.0 Å². The lowest BCUT2D eigenvalue weighted by atomic mass is 9.99. The lowest BCUT2D eigenvalue weighted by Crippen LogP contribution is -2.39. The number of hydrogen-bond acceptors (Lipinski definition) is 6. The van der Waals surface area contributed by atoms with E-state index in [0.29, 0.717) is 17.9 Å². The summed E-state index contributed by atoms with van der Waals surface area (Å²) in [5.41, 5.74) is 1.68. The van der Waals surface area contributed by atoms with Gasteiger partial charge in [-0.1, -0.05) is 6.07 Å². The molecule has 2 aromatic rings. The first-order chi connectivity index (χ1) is 14.5. The Bertz CT molecular complexity index is 969. The zero-order valence-electron chi connectivity index (χ0n) is 17.3. The molecule has 1 fully saturated rings. The molecule has 0 radical (unpaired) electrons. The number of nitrogens with zero attached hydrogens (tertiary/aromatic N) is 3. The number of hydrazone groups is 1. The predicted molar refractivity (Wildman–Crippen MR) is 115 cm³/mol. The van der Waals surface area contributed by atoms with Gasteiger partial charge < -0.3 is 14.4 Å². The minimum absolute atomic E-state index is 0.000657. The molecule has 158 valence electrons. The summed E-state index contributed by atoms with van der Waals surface area (Å²) in [6, 6.07) is 9.19. The molecule has 0 unspecified atom stereocenters. The highest BCUT2D eigenvalue weighted by atomic mass is 32.1. The molecule has 30 heavy (non-hydrogen) atoms. The van der Waals surface area contributed by atoms with Crippen molar-refractivity contribution in [3.8, 4) is 11.5 Å². The topological polar surface area (TPSA) is 71.4 Å². The molecule has 2 aliphatic rings. The summed E-state index contributed by atoms with van der Waals surface area (Å²) in [5, 5.41) is 8.16. The number of rotatable bonds is 7. The highest BCUT2D eigenvalue weighted by Crippen LogP contribution is 2.40. The maximum Gasteiger partial charge on any atom is 0.262 e. The fourth-order valence-corrected chi connectivity index (χ4v) is 4.39. The SMILES string of the molecule is COc1ccc(OC)c([C@@H]2CC(c3cccs3)=NN2C(=O)CN(C)C(=O)C2CC2)c1. The summed E-state index contributed by atoms with van der Waals surface area (Å²) >= 11 is 1.59. The molecule has 1 saturated carbocycles. The van der Waals surface area contributed by atoms with E-state index in [1.165, 1.54) is 9.91 Å². The van der Waals surface area contributed by atoms with Crippen LogP contribution in [0.4, 0.5) is 0 Å². The monoisotopic (exact) mass is 427 g/mol.